The molecule has 2 N–H and O–H groups in total. The highest BCUT2D eigenvalue weighted by Crippen LogP contribution is 2.28. The Kier molecular flexibility index (Phi) is 3.75. The lowest BCUT2D eigenvalue weighted by atomic mass is 10.1. The number of hydrogen-bond acceptors (Lipinski definition) is 4. The Morgan fingerprint density at radius 1 is 1.21 bits per heavy atom. The fourth-order valence-corrected chi connectivity index (χ4v) is 1.82. The lowest BCUT2D eigenvalue weighted by Crippen LogP contribution is -2.30. The first-order valence-electron chi connectivity index (χ1n) is 5.96. The molecule has 0 atom stereocenters. The van der Waals surface area contributed by atoms with E-state index in [1.54, 1.807) is 12.1 Å². The van der Waals surface area contributed by atoms with E-state index in [9.17, 15) is 15.0 Å². The Morgan fingerprint density at radius 3 is 2.42 bits per heavy atom. The summed E-state index contributed by atoms with van der Waals surface area (Å²) >= 11 is 0. The molecule has 1 aromatic heterocycles. The number of furan rings is 1. The number of hydrogen-bond donors (Lipinski definition) is 2. The molecule has 2 aromatic rings. The molecule has 0 saturated heterocycles. The van der Waals surface area contributed by atoms with Crippen molar-refractivity contribution >= 4 is 5.91 Å². The zero-order chi connectivity index (χ0) is 13.8. The third kappa shape index (κ3) is 2.70. The molecule has 1 amide bonds. The van der Waals surface area contributed by atoms with E-state index in [0.29, 0.717) is 12.3 Å². The van der Waals surface area contributed by atoms with Gasteiger partial charge in [-0.15, -0.1) is 0 Å². The summed E-state index contributed by atoms with van der Waals surface area (Å²) in [5, 5.41) is 19.4. The van der Waals surface area contributed by atoms with Crippen LogP contribution in [-0.4, -0.2) is 27.6 Å². The highest BCUT2D eigenvalue weighted by Gasteiger charge is 2.22. The molecule has 1 heterocycles. The second-order valence-electron chi connectivity index (χ2n) is 4.07. The molecule has 0 bridgehead atoms. The number of phenols is 2. The van der Waals surface area contributed by atoms with Gasteiger partial charge in [0.25, 0.3) is 5.91 Å². The van der Waals surface area contributed by atoms with Crippen molar-refractivity contribution in [2.45, 2.75) is 13.5 Å². The first kappa shape index (κ1) is 13.0. The first-order valence-corrected chi connectivity index (χ1v) is 5.96. The number of aromatic hydroxyl groups is 2. The van der Waals surface area contributed by atoms with Crippen LogP contribution < -0.4 is 0 Å². The van der Waals surface area contributed by atoms with E-state index in [2.05, 4.69) is 0 Å². The van der Waals surface area contributed by atoms with Gasteiger partial charge in [0, 0.05) is 6.54 Å². The normalized spacial score (nSPS) is 10.4. The summed E-state index contributed by atoms with van der Waals surface area (Å²) in [5.41, 5.74) is -0.0871. The van der Waals surface area contributed by atoms with Gasteiger partial charge in [-0.25, -0.2) is 0 Å². The summed E-state index contributed by atoms with van der Waals surface area (Å²) in [6.07, 6.45) is 1.53. The Bertz CT molecular complexity index is 543. The number of benzene rings is 1. The van der Waals surface area contributed by atoms with Crippen molar-refractivity contribution in [1.29, 1.82) is 0 Å². The van der Waals surface area contributed by atoms with Crippen LogP contribution >= 0.6 is 0 Å². The molecule has 0 aliphatic carbocycles. The molecule has 0 fully saturated rings. The lowest BCUT2D eigenvalue weighted by Gasteiger charge is -2.20. The van der Waals surface area contributed by atoms with Gasteiger partial charge in [0.15, 0.2) is 0 Å². The molecule has 0 aliphatic rings. The van der Waals surface area contributed by atoms with Crippen LogP contribution in [0.15, 0.2) is 41.0 Å². The number of amides is 1. The zero-order valence-corrected chi connectivity index (χ0v) is 10.5. The largest absolute Gasteiger partial charge is 0.507 e. The Morgan fingerprint density at radius 2 is 1.89 bits per heavy atom. The van der Waals surface area contributed by atoms with Crippen molar-refractivity contribution in [3.63, 3.8) is 0 Å². The third-order valence-electron chi connectivity index (χ3n) is 2.83. The van der Waals surface area contributed by atoms with Gasteiger partial charge in [-0.2, -0.15) is 0 Å². The van der Waals surface area contributed by atoms with Crippen LogP contribution in [-0.2, 0) is 6.54 Å². The molecular formula is C14H15NO4. The monoisotopic (exact) mass is 261 g/mol. The summed E-state index contributed by atoms with van der Waals surface area (Å²) in [5.74, 6) is -0.259. The Labute approximate surface area is 110 Å². The minimum Gasteiger partial charge on any atom is -0.507 e. The van der Waals surface area contributed by atoms with E-state index in [0.717, 1.165) is 0 Å². The fraction of sp³-hybridized carbons (Fsp3) is 0.214. The molecule has 0 spiro atoms. The van der Waals surface area contributed by atoms with Crippen LogP contribution in [0.3, 0.4) is 0 Å². The predicted octanol–water partition coefficient (Wildman–Crippen LogP) is 2.35. The number of carbonyl (C=O) groups excluding carboxylic acids is 1. The van der Waals surface area contributed by atoms with Gasteiger partial charge in [-0.3, -0.25) is 4.79 Å². The van der Waals surface area contributed by atoms with Gasteiger partial charge >= 0.3 is 0 Å². The standard InChI is InChI=1S/C14H15NO4/c1-2-15(9-10-5-4-8-19-10)14(18)13-11(16)6-3-7-12(13)17/h3-8,16-17H,2,9H2,1H3. The molecule has 5 heteroatoms. The SMILES string of the molecule is CCN(Cc1ccco1)C(=O)c1c(O)cccc1O. The number of carbonyl (C=O) groups is 1. The van der Waals surface area contributed by atoms with Gasteiger partial charge in [-0.05, 0) is 31.2 Å². The lowest BCUT2D eigenvalue weighted by molar-refractivity contribution is 0.0735. The van der Waals surface area contributed by atoms with Crippen molar-refractivity contribution in [1.82, 2.24) is 4.90 Å². The molecule has 1 aromatic carbocycles. The topological polar surface area (TPSA) is 73.9 Å². The van der Waals surface area contributed by atoms with Crippen LogP contribution in [0.5, 0.6) is 11.5 Å². The van der Waals surface area contributed by atoms with Gasteiger partial charge in [-0.1, -0.05) is 6.07 Å². The van der Waals surface area contributed by atoms with Crippen molar-refractivity contribution in [3.05, 3.63) is 47.9 Å². The van der Waals surface area contributed by atoms with Crippen molar-refractivity contribution in [2.24, 2.45) is 0 Å². The van der Waals surface area contributed by atoms with E-state index in [1.165, 1.54) is 29.4 Å². The van der Waals surface area contributed by atoms with E-state index in [1.807, 2.05) is 6.92 Å². The minimum absolute atomic E-state index is 0.0871. The second kappa shape index (κ2) is 5.48. The smallest absolute Gasteiger partial charge is 0.261 e. The van der Waals surface area contributed by atoms with Gasteiger partial charge in [0.1, 0.15) is 22.8 Å². The fourth-order valence-electron chi connectivity index (χ4n) is 1.82. The van der Waals surface area contributed by atoms with Gasteiger partial charge in [0.05, 0.1) is 12.8 Å². The van der Waals surface area contributed by atoms with Gasteiger partial charge in [0.2, 0.25) is 0 Å². The average Bonchev–Trinajstić information content (AvgIpc) is 2.88. The van der Waals surface area contributed by atoms with Crippen molar-refractivity contribution in [3.8, 4) is 11.5 Å². The highest BCUT2D eigenvalue weighted by molar-refractivity contribution is 5.99. The zero-order valence-electron chi connectivity index (χ0n) is 10.5. The van der Waals surface area contributed by atoms with Crippen LogP contribution in [0, 0.1) is 0 Å². The molecular weight excluding hydrogens is 246 g/mol. The average molecular weight is 261 g/mol. The number of rotatable bonds is 4. The summed E-state index contributed by atoms with van der Waals surface area (Å²) in [6.45, 7) is 2.54. The first-order chi connectivity index (χ1) is 9.13. The predicted molar refractivity (Wildman–Crippen MR) is 68.9 cm³/mol. The summed E-state index contributed by atoms with van der Waals surface area (Å²) < 4.78 is 5.19. The summed E-state index contributed by atoms with van der Waals surface area (Å²) in [6, 6.07) is 7.72. The molecule has 19 heavy (non-hydrogen) atoms. The molecule has 0 radical (unpaired) electrons. The second-order valence-corrected chi connectivity index (χ2v) is 4.07. The molecule has 0 saturated carbocycles. The third-order valence-corrected chi connectivity index (χ3v) is 2.83. The molecule has 2 rings (SSSR count). The van der Waals surface area contributed by atoms with Crippen LogP contribution in [0.2, 0.25) is 0 Å². The Balaban J connectivity index is 2.26. The van der Waals surface area contributed by atoms with Gasteiger partial charge < -0.3 is 19.5 Å². The summed E-state index contributed by atoms with van der Waals surface area (Å²) in [7, 11) is 0. The Hall–Kier alpha value is -2.43. The molecule has 0 unspecified atom stereocenters. The maximum Gasteiger partial charge on any atom is 0.261 e. The van der Waals surface area contributed by atoms with E-state index >= 15 is 0 Å². The van der Waals surface area contributed by atoms with E-state index in [4.69, 9.17) is 4.42 Å². The molecule has 100 valence electrons. The van der Waals surface area contributed by atoms with Crippen molar-refractivity contribution < 1.29 is 19.4 Å². The minimum atomic E-state index is -0.436. The van der Waals surface area contributed by atoms with E-state index < -0.39 is 5.91 Å². The van der Waals surface area contributed by atoms with Crippen LogP contribution in [0.25, 0.3) is 0 Å². The van der Waals surface area contributed by atoms with Crippen LogP contribution in [0.4, 0.5) is 0 Å². The molecule has 0 aliphatic heterocycles. The summed E-state index contributed by atoms with van der Waals surface area (Å²) in [4.78, 5) is 13.8. The highest BCUT2D eigenvalue weighted by atomic mass is 16.3. The maximum absolute atomic E-state index is 12.3. The van der Waals surface area contributed by atoms with Crippen LogP contribution in [0.1, 0.15) is 23.0 Å². The number of phenolic OH excluding ortho intramolecular Hbond substituents is 2. The number of nitrogens with zero attached hydrogens (tertiary/aromatic N) is 1. The quantitative estimate of drug-likeness (QED) is 0.886. The van der Waals surface area contributed by atoms with E-state index in [-0.39, 0.29) is 23.6 Å². The van der Waals surface area contributed by atoms with Crippen molar-refractivity contribution in [2.75, 3.05) is 6.54 Å². The maximum atomic E-state index is 12.3. The molecule has 5 nitrogen and oxygen atoms in total.